The minimum atomic E-state index is 0.473. The Morgan fingerprint density at radius 3 is 2.68 bits per heavy atom. The molecule has 1 aromatic carbocycles. The van der Waals surface area contributed by atoms with E-state index in [1.165, 1.54) is 39.0 Å². The van der Waals surface area contributed by atoms with Crippen molar-refractivity contribution in [2.75, 3.05) is 0 Å². The smallest absolute Gasteiger partial charge is 0.00610 e. The number of hydrogen-bond donors (Lipinski definition) is 0. The third kappa shape index (κ3) is 2.75. The Kier molecular flexibility index (Phi) is 3.95. The minimum Gasteiger partial charge on any atom is -0.0995 e. The number of allylic oxidation sites excluding steroid dienone is 6. The van der Waals surface area contributed by atoms with Crippen LogP contribution in [0.15, 0.2) is 65.8 Å². The third-order valence-corrected chi connectivity index (χ3v) is 5.15. The molecule has 1 aromatic rings. The van der Waals surface area contributed by atoms with Crippen LogP contribution in [-0.4, -0.2) is 0 Å². The SMILES string of the molecule is C=C1CC(=C)C(=CC2=CCc3ccc(C)cc3C2C)C(C)C1. The summed E-state index contributed by atoms with van der Waals surface area (Å²) in [6.45, 7) is 15.2. The highest BCUT2D eigenvalue weighted by molar-refractivity contribution is 5.50. The fourth-order valence-electron chi connectivity index (χ4n) is 3.86. The van der Waals surface area contributed by atoms with E-state index in [1.807, 2.05) is 0 Å². The fourth-order valence-corrected chi connectivity index (χ4v) is 3.86. The second-order valence-electron chi connectivity index (χ2n) is 7.07. The Morgan fingerprint density at radius 2 is 1.95 bits per heavy atom. The molecule has 2 aliphatic rings. The number of fused-ring (bicyclic) bond motifs is 1. The quantitative estimate of drug-likeness (QED) is 0.552. The fraction of sp³-hybridized carbons (Fsp3) is 0.364. The van der Waals surface area contributed by atoms with Gasteiger partial charge in [-0.3, -0.25) is 0 Å². The molecule has 114 valence electrons. The molecule has 1 saturated carbocycles. The molecule has 0 heterocycles. The highest BCUT2D eigenvalue weighted by atomic mass is 14.3. The first-order chi connectivity index (χ1) is 10.5. The Morgan fingerprint density at radius 1 is 1.18 bits per heavy atom. The van der Waals surface area contributed by atoms with Crippen molar-refractivity contribution in [1.82, 2.24) is 0 Å². The Hall–Kier alpha value is -1.82. The molecule has 0 aromatic heterocycles. The van der Waals surface area contributed by atoms with Crippen LogP contribution in [0.1, 0.15) is 49.3 Å². The Labute approximate surface area is 135 Å². The van der Waals surface area contributed by atoms with Crippen LogP contribution < -0.4 is 0 Å². The molecular weight excluding hydrogens is 264 g/mol. The average Bonchev–Trinajstić information content (AvgIpc) is 2.45. The predicted octanol–water partition coefficient (Wildman–Crippen LogP) is 6.05. The molecule has 0 bridgehead atoms. The van der Waals surface area contributed by atoms with Crippen LogP contribution in [0.5, 0.6) is 0 Å². The van der Waals surface area contributed by atoms with Crippen LogP contribution in [0.3, 0.4) is 0 Å². The lowest BCUT2D eigenvalue weighted by molar-refractivity contribution is 0.631. The number of hydrogen-bond acceptors (Lipinski definition) is 0. The lowest BCUT2D eigenvalue weighted by atomic mass is 9.76. The Balaban J connectivity index is 1.93. The maximum absolute atomic E-state index is 4.29. The maximum Gasteiger partial charge on any atom is 0.00610 e. The molecule has 0 nitrogen and oxygen atoms in total. The van der Waals surface area contributed by atoms with Gasteiger partial charge >= 0.3 is 0 Å². The number of rotatable bonds is 1. The van der Waals surface area contributed by atoms with Crippen molar-refractivity contribution in [3.05, 3.63) is 82.5 Å². The van der Waals surface area contributed by atoms with E-state index in [4.69, 9.17) is 0 Å². The molecule has 2 atom stereocenters. The summed E-state index contributed by atoms with van der Waals surface area (Å²) in [5.41, 5.74) is 9.78. The summed E-state index contributed by atoms with van der Waals surface area (Å²) in [6, 6.07) is 6.86. The van der Waals surface area contributed by atoms with E-state index >= 15 is 0 Å². The summed E-state index contributed by atoms with van der Waals surface area (Å²) >= 11 is 0. The molecule has 22 heavy (non-hydrogen) atoms. The zero-order chi connectivity index (χ0) is 15.9. The molecule has 0 heteroatoms. The van der Waals surface area contributed by atoms with Crippen LogP contribution >= 0.6 is 0 Å². The van der Waals surface area contributed by atoms with Crippen LogP contribution in [0.25, 0.3) is 0 Å². The van der Waals surface area contributed by atoms with Gasteiger partial charge in [-0.2, -0.15) is 0 Å². The van der Waals surface area contributed by atoms with Crippen LogP contribution in [0.4, 0.5) is 0 Å². The van der Waals surface area contributed by atoms with Crippen LogP contribution in [0, 0.1) is 12.8 Å². The van der Waals surface area contributed by atoms with E-state index in [9.17, 15) is 0 Å². The van der Waals surface area contributed by atoms with Gasteiger partial charge in [0.2, 0.25) is 0 Å². The molecule has 0 saturated heterocycles. The molecule has 0 N–H and O–H groups in total. The zero-order valence-corrected chi connectivity index (χ0v) is 14.1. The topological polar surface area (TPSA) is 0 Å². The highest BCUT2D eigenvalue weighted by Gasteiger charge is 2.23. The van der Waals surface area contributed by atoms with E-state index in [1.54, 1.807) is 0 Å². The van der Waals surface area contributed by atoms with Crippen molar-refractivity contribution in [3.63, 3.8) is 0 Å². The molecular formula is C22H26. The molecule has 2 unspecified atom stereocenters. The van der Waals surface area contributed by atoms with Gasteiger partial charge in [-0.25, -0.2) is 0 Å². The van der Waals surface area contributed by atoms with Gasteiger partial charge in [-0.05, 0) is 60.0 Å². The van der Waals surface area contributed by atoms with Gasteiger partial charge in [0.05, 0.1) is 0 Å². The predicted molar refractivity (Wildman–Crippen MR) is 96.1 cm³/mol. The summed E-state index contributed by atoms with van der Waals surface area (Å²) in [5, 5.41) is 0. The Bertz CT molecular complexity index is 697. The molecule has 0 aliphatic heterocycles. The molecule has 0 radical (unpaired) electrons. The number of aryl methyl sites for hydroxylation is 1. The van der Waals surface area contributed by atoms with Crippen molar-refractivity contribution < 1.29 is 0 Å². The largest absolute Gasteiger partial charge is 0.0995 e. The summed E-state index contributed by atoms with van der Waals surface area (Å²) in [4.78, 5) is 0. The monoisotopic (exact) mass is 290 g/mol. The first-order valence-corrected chi connectivity index (χ1v) is 8.31. The van der Waals surface area contributed by atoms with Gasteiger partial charge < -0.3 is 0 Å². The zero-order valence-electron chi connectivity index (χ0n) is 14.1. The molecule has 0 amide bonds. The summed E-state index contributed by atoms with van der Waals surface area (Å²) < 4.78 is 0. The second-order valence-corrected chi connectivity index (χ2v) is 7.07. The molecule has 0 spiro atoms. The van der Waals surface area contributed by atoms with Crippen molar-refractivity contribution in [2.24, 2.45) is 5.92 Å². The lowest BCUT2D eigenvalue weighted by Crippen LogP contribution is -2.13. The van der Waals surface area contributed by atoms with Gasteiger partial charge in [-0.1, -0.05) is 68.5 Å². The molecule has 1 fully saturated rings. The van der Waals surface area contributed by atoms with Crippen molar-refractivity contribution in [3.8, 4) is 0 Å². The van der Waals surface area contributed by atoms with Gasteiger partial charge in [0.15, 0.2) is 0 Å². The maximum atomic E-state index is 4.29. The summed E-state index contributed by atoms with van der Waals surface area (Å²) in [6.07, 6.45) is 7.93. The lowest BCUT2D eigenvalue weighted by Gasteiger charge is -2.29. The first-order valence-electron chi connectivity index (χ1n) is 8.31. The minimum absolute atomic E-state index is 0.473. The highest BCUT2D eigenvalue weighted by Crippen LogP contribution is 2.39. The van der Waals surface area contributed by atoms with E-state index < -0.39 is 0 Å². The summed E-state index contributed by atoms with van der Waals surface area (Å²) in [7, 11) is 0. The van der Waals surface area contributed by atoms with Crippen molar-refractivity contribution >= 4 is 0 Å². The van der Waals surface area contributed by atoms with Gasteiger partial charge in [0.1, 0.15) is 0 Å². The van der Waals surface area contributed by atoms with E-state index in [0.717, 1.165) is 19.3 Å². The molecule has 3 rings (SSSR count). The van der Waals surface area contributed by atoms with Gasteiger partial charge in [-0.15, -0.1) is 0 Å². The van der Waals surface area contributed by atoms with Crippen molar-refractivity contribution in [2.45, 2.75) is 46.0 Å². The van der Waals surface area contributed by atoms with Gasteiger partial charge in [0, 0.05) is 5.92 Å². The van der Waals surface area contributed by atoms with Crippen LogP contribution in [0.2, 0.25) is 0 Å². The van der Waals surface area contributed by atoms with Crippen molar-refractivity contribution in [1.29, 1.82) is 0 Å². The van der Waals surface area contributed by atoms with E-state index in [2.05, 4.69) is 64.3 Å². The van der Waals surface area contributed by atoms with Gasteiger partial charge in [0.25, 0.3) is 0 Å². The average molecular weight is 290 g/mol. The van der Waals surface area contributed by atoms with E-state index in [0.29, 0.717) is 11.8 Å². The summed E-state index contributed by atoms with van der Waals surface area (Å²) in [5.74, 6) is 1.02. The standard InChI is InChI=1S/C22H26/c1-14-6-7-19-8-9-20(18(5)22(19)12-14)13-21-16(3)10-15(2)11-17(21)4/h6-7,9,12-13,17-18H,2-3,8,10-11H2,1,4-5H3. The number of benzene rings is 1. The second kappa shape index (κ2) is 5.76. The third-order valence-electron chi connectivity index (χ3n) is 5.15. The normalized spacial score (nSPS) is 26.9. The first kappa shape index (κ1) is 15.1. The van der Waals surface area contributed by atoms with E-state index in [-0.39, 0.29) is 0 Å². The molecule has 2 aliphatic carbocycles. The van der Waals surface area contributed by atoms with Crippen LogP contribution in [-0.2, 0) is 6.42 Å².